The molecule has 0 bridgehead atoms. The minimum absolute atomic E-state index is 0.0231. The lowest BCUT2D eigenvalue weighted by Crippen LogP contribution is -2.17. The van der Waals surface area contributed by atoms with Gasteiger partial charge in [0.15, 0.2) is 6.10 Å². The Kier molecular flexibility index (Phi) is 2.37. The zero-order valence-corrected chi connectivity index (χ0v) is 3.79. The largest absolute Gasteiger partial charge is 0.479 e. The van der Waals surface area contributed by atoms with Crippen LogP contribution in [0.25, 0.3) is 0 Å². The molecule has 0 amide bonds. The zero-order valence-electron chi connectivity index (χ0n) is 3.79. The number of carbonyl (C=O) groups is 1. The van der Waals surface area contributed by atoms with Crippen LogP contribution >= 0.6 is 0 Å². The average Bonchev–Trinajstić information content (AvgIpc) is 1.65. The summed E-state index contributed by atoms with van der Waals surface area (Å²) in [7, 11) is 0. The van der Waals surface area contributed by atoms with Crippen molar-refractivity contribution in [2.45, 2.75) is 12.5 Å². The van der Waals surface area contributed by atoms with Gasteiger partial charge in [0.2, 0.25) is 0 Å². The van der Waals surface area contributed by atoms with Gasteiger partial charge in [-0.2, -0.15) is 0 Å². The normalized spacial score (nSPS) is 13.4. The fraction of sp³-hybridized carbons (Fsp3) is 0.500. The molecule has 0 aromatic carbocycles. The molecule has 0 aromatic heterocycles. The van der Waals surface area contributed by atoms with Crippen LogP contribution < -0.4 is 0 Å². The Labute approximate surface area is 41.6 Å². The van der Waals surface area contributed by atoms with Gasteiger partial charge in [0, 0.05) is 0 Å². The molecule has 3 heteroatoms. The molecule has 1 unspecified atom stereocenters. The van der Waals surface area contributed by atoms with E-state index in [1.165, 1.54) is 0 Å². The third-order valence-corrected chi connectivity index (χ3v) is 0.558. The van der Waals surface area contributed by atoms with Crippen molar-refractivity contribution >= 4 is 5.97 Å². The molecule has 7 heavy (non-hydrogen) atoms. The maximum atomic E-state index is 9.64. The molecule has 41 valence electrons. The van der Waals surface area contributed by atoms with Gasteiger partial charge < -0.3 is 10.2 Å². The maximum absolute atomic E-state index is 9.64. The van der Waals surface area contributed by atoms with Gasteiger partial charge in [-0.05, 0) is 6.42 Å². The zero-order chi connectivity index (χ0) is 5.86. The second-order valence-corrected chi connectivity index (χ2v) is 1.14. The Morgan fingerprint density at radius 3 is 2.29 bits per heavy atom. The van der Waals surface area contributed by atoms with Crippen molar-refractivity contribution in [3.63, 3.8) is 0 Å². The van der Waals surface area contributed by atoms with Gasteiger partial charge in [-0.1, -0.05) is 6.92 Å². The molecule has 0 aliphatic rings. The number of aliphatic hydroxyl groups excluding tert-OH is 1. The SMILES string of the molecule is [CH2]CC(O)C(=O)O. The summed E-state index contributed by atoms with van der Waals surface area (Å²) < 4.78 is 0. The van der Waals surface area contributed by atoms with Gasteiger partial charge in [-0.25, -0.2) is 4.79 Å². The lowest BCUT2D eigenvalue weighted by atomic mass is 10.3. The molecular formula is C4H7O3. The highest BCUT2D eigenvalue weighted by Crippen LogP contribution is 1.85. The number of hydrogen-bond acceptors (Lipinski definition) is 2. The molecule has 1 radical (unpaired) electrons. The molecule has 0 saturated carbocycles. The predicted molar refractivity (Wildman–Crippen MR) is 23.6 cm³/mol. The van der Waals surface area contributed by atoms with E-state index in [1.54, 1.807) is 0 Å². The van der Waals surface area contributed by atoms with Gasteiger partial charge in [0.25, 0.3) is 0 Å². The van der Waals surface area contributed by atoms with E-state index in [4.69, 9.17) is 10.2 Å². The molecule has 0 aliphatic heterocycles. The van der Waals surface area contributed by atoms with E-state index in [1.807, 2.05) is 0 Å². The third kappa shape index (κ3) is 2.17. The Morgan fingerprint density at radius 2 is 2.29 bits per heavy atom. The molecule has 0 heterocycles. The number of aliphatic carboxylic acids is 1. The smallest absolute Gasteiger partial charge is 0.332 e. The first-order valence-corrected chi connectivity index (χ1v) is 1.88. The van der Waals surface area contributed by atoms with Crippen molar-refractivity contribution in [3.05, 3.63) is 6.92 Å². The monoisotopic (exact) mass is 103 g/mol. The van der Waals surface area contributed by atoms with Gasteiger partial charge >= 0.3 is 5.97 Å². The summed E-state index contributed by atoms with van der Waals surface area (Å²) in [5, 5.41) is 16.2. The molecule has 0 aliphatic carbocycles. The second kappa shape index (κ2) is 2.58. The van der Waals surface area contributed by atoms with Crippen LogP contribution in [-0.4, -0.2) is 22.3 Å². The molecule has 3 nitrogen and oxygen atoms in total. The van der Waals surface area contributed by atoms with Crippen LogP contribution in [0.3, 0.4) is 0 Å². The predicted octanol–water partition coefficient (Wildman–Crippen LogP) is -0.344. The molecule has 2 N–H and O–H groups in total. The average molecular weight is 103 g/mol. The van der Waals surface area contributed by atoms with E-state index < -0.39 is 12.1 Å². The minimum Gasteiger partial charge on any atom is -0.479 e. The third-order valence-electron chi connectivity index (χ3n) is 0.558. The van der Waals surface area contributed by atoms with Crippen molar-refractivity contribution < 1.29 is 15.0 Å². The molecule has 0 aromatic rings. The molecular weight excluding hydrogens is 96.0 g/mol. The molecule has 0 fully saturated rings. The number of aliphatic hydroxyl groups is 1. The highest BCUT2D eigenvalue weighted by Gasteiger charge is 2.07. The minimum atomic E-state index is -1.29. The van der Waals surface area contributed by atoms with E-state index in [9.17, 15) is 4.79 Å². The van der Waals surface area contributed by atoms with E-state index in [0.717, 1.165) is 0 Å². The Morgan fingerprint density at radius 1 is 1.86 bits per heavy atom. The summed E-state index contributed by atoms with van der Waals surface area (Å²) in [5.41, 5.74) is 0. The standard InChI is InChI=1S/C4H7O3/c1-2-3(5)4(6)7/h3,5H,1-2H2,(H,6,7). The molecule has 0 spiro atoms. The van der Waals surface area contributed by atoms with Crippen molar-refractivity contribution in [1.82, 2.24) is 0 Å². The molecule has 0 rings (SSSR count). The molecule has 1 atom stereocenters. The summed E-state index contributed by atoms with van der Waals surface area (Å²) in [6.45, 7) is 3.18. The Hall–Kier alpha value is -0.570. The van der Waals surface area contributed by atoms with Crippen LogP contribution in [0, 0.1) is 6.92 Å². The first-order chi connectivity index (χ1) is 3.18. The maximum Gasteiger partial charge on any atom is 0.332 e. The van der Waals surface area contributed by atoms with Crippen molar-refractivity contribution in [3.8, 4) is 0 Å². The van der Waals surface area contributed by atoms with E-state index in [-0.39, 0.29) is 6.42 Å². The van der Waals surface area contributed by atoms with E-state index in [2.05, 4.69) is 6.92 Å². The highest BCUT2D eigenvalue weighted by atomic mass is 16.4. The number of hydrogen-bond donors (Lipinski definition) is 2. The topological polar surface area (TPSA) is 57.5 Å². The fourth-order valence-corrected chi connectivity index (χ4v) is 0.123. The quantitative estimate of drug-likeness (QED) is 0.502. The van der Waals surface area contributed by atoms with Crippen LogP contribution in [0.4, 0.5) is 0 Å². The van der Waals surface area contributed by atoms with Crippen molar-refractivity contribution in [1.29, 1.82) is 0 Å². The molecule has 0 saturated heterocycles. The van der Waals surface area contributed by atoms with Gasteiger partial charge in [-0.15, -0.1) is 0 Å². The lowest BCUT2D eigenvalue weighted by Gasteiger charge is -1.95. The highest BCUT2D eigenvalue weighted by molar-refractivity contribution is 5.71. The summed E-state index contributed by atoms with van der Waals surface area (Å²) >= 11 is 0. The van der Waals surface area contributed by atoms with Gasteiger partial charge in [0.05, 0.1) is 0 Å². The van der Waals surface area contributed by atoms with E-state index >= 15 is 0 Å². The number of rotatable bonds is 2. The summed E-state index contributed by atoms with van der Waals surface area (Å²) in [6.07, 6.45) is -1.27. The van der Waals surface area contributed by atoms with Crippen LogP contribution in [-0.2, 0) is 4.79 Å². The fourth-order valence-electron chi connectivity index (χ4n) is 0.123. The summed E-state index contributed by atoms with van der Waals surface area (Å²) in [6, 6.07) is 0. The van der Waals surface area contributed by atoms with E-state index in [0.29, 0.717) is 0 Å². The Bertz CT molecular complexity index is 69.3. The number of carboxylic acid groups (broad SMARTS) is 1. The lowest BCUT2D eigenvalue weighted by molar-refractivity contribution is -0.146. The van der Waals surface area contributed by atoms with Crippen LogP contribution in [0.2, 0.25) is 0 Å². The summed E-state index contributed by atoms with van der Waals surface area (Å²) in [5.74, 6) is -1.21. The van der Waals surface area contributed by atoms with Crippen LogP contribution in [0.15, 0.2) is 0 Å². The van der Waals surface area contributed by atoms with Gasteiger partial charge in [-0.3, -0.25) is 0 Å². The van der Waals surface area contributed by atoms with Crippen LogP contribution in [0.1, 0.15) is 6.42 Å². The first kappa shape index (κ1) is 6.43. The second-order valence-electron chi connectivity index (χ2n) is 1.14. The van der Waals surface area contributed by atoms with Crippen molar-refractivity contribution in [2.75, 3.05) is 0 Å². The number of carboxylic acids is 1. The Balaban J connectivity index is 3.34. The van der Waals surface area contributed by atoms with Crippen molar-refractivity contribution in [2.24, 2.45) is 0 Å². The first-order valence-electron chi connectivity index (χ1n) is 1.88. The van der Waals surface area contributed by atoms with Crippen LogP contribution in [0.5, 0.6) is 0 Å². The summed E-state index contributed by atoms with van der Waals surface area (Å²) in [4.78, 5) is 9.64. The van der Waals surface area contributed by atoms with Gasteiger partial charge in [0.1, 0.15) is 0 Å².